The number of carbonyl (C=O) groups is 2. The molecule has 1 aromatic carbocycles. The Kier molecular flexibility index (Phi) is 3.68. The second-order valence-electron chi connectivity index (χ2n) is 3.12. The molecule has 4 nitrogen and oxygen atoms in total. The molecular weight excluding hydrogens is 218 g/mol. The summed E-state index contributed by atoms with van der Waals surface area (Å²) in [6.07, 6.45) is 0.356. The van der Waals surface area contributed by atoms with Gasteiger partial charge in [0.15, 0.2) is 6.04 Å². The van der Waals surface area contributed by atoms with Crippen LogP contribution in [0.4, 0.5) is 0 Å². The highest BCUT2D eigenvalue weighted by molar-refractivity contribution is 6.30. The fraction of sp³-hybridized carbons (Fsp3) is 0.200. The normalized spacial score (nSPS) is 11.9. The molecule has 0 aliphatic carbocycles. The molecule has 0 aromatic heterocycles. The van der Waals surface area contributed by atoms with Crippen LogP contribution in [0.1, 0.15) is 17.2 Å². The van der Waals surface area contributed by atoms with Gasteiger partial charge in [0.05, 0.1) is 0 Å². The van der Waals surface area contributed by atoms with Crippen molar-refractivity contribution in [1.29, 1.82) is 0 Å². The zero-order chi connectivity index (χ0) is 11.4. The first kappa shape index (κ1) is 11.5. The highest BCUT2D eigenvalue weighted by Crippen LogP contribution is 2.20. The molecule has 1 atom stereocenters. The highest BCUT2D eigenvalue weighted by Gasteiger charge is 2.19. The minimum absolute atomic E-state index is 0.356. The second kappa shape index (κ2) is 4.79. The fourth-order valence-electron chi connectivity index (χ4n) is 1.31. The zero-order valence-corrected chi connectivity index (χ0v) is 8.78. The summed E-state index contributed by atoms with van der Waals surface area (Å²) in [5, 5.41) is 11.5. The lowest BCUT2D eigenvalue weighted by molar-refractivity contribution is -0.140. The Hall–Kier alpha value is -1.55. The molecule has 80 valence electrons. The van der Waals surface area contributed by atoms with Crippen LogP contribution in [0.3, 0.4) is 0 Å². The Balaban J connectivity index is 3.10. The van der Waals surface area contributed by atoms with Gasteiger partial charge in [-0.25, -0.2) is 4.79 Å². The highest BCUT2D eigenvalue weighted by atomic mass is 35.5. The van der Waals surface area contributed by atoms with Crippen molar-refractivity contribution in [3.63, 3.8) is 0 Å². The molecule has 0 aliphatic rings. The predicted molar refractivity (Wildman–Crippen MR) is 55.8 cm³/mol. The van der Waals surface area contributed by atoms with E-state index in [1.807, 2.05) is 0 Å². The number of hydrogen-bond acceptors (Lipinski definition) is 2. The van der Waals surface area contributed by atoms with Crippen molar-refractivity contribution in [3.05, 3.63) is 34.3 Å². The van der Waals surface area contributed by atoms with E-state index in [2.05, 4.69) is 5.32 Å². The number of rotatable bonds is 4. The predicted octanol–water partition coefficient (Wildman–Crippen LogP) is 1.52. The molecule has 0 saturated heterocycles. The van der Waals surface area contributed by atoms with E-state index in [0.717, 1.165) is 5.56 Å². The van der Waals surface area contributed by atoms with Gasteiger partial charge in [-0.15, -0.1) is 0 Å². The van der Waals surface area contributed by atoms with Gasteiger partial charge in [-0.3, -0.25) is 4.79 Å². The molecule has 1 amide bonds. The number of carboxylic acid groups (broad SMARTS) is 1. The summed E-state index contributed by atoms with van der Waals surface area (Å²) in [7, 11) is 0. The van der Waals surface area contributed by atoms with Crippen molar-refractivity contribution in [1.82, 2.24) is 5.32 Å². The van der Waals surface area contributed by atoms with Gasteiger partial charge < -0.3 is 10.4 Å². The minimum Gasteiger partial charge on any atom is -0.479 e. The molecule has 1 rings (SSSR count). The molecule has 0 aliphatic heterocycles. The summed E-state index contributed by atoms with van der Waals surface area (Å²) in [5.41, 5.74) is 1.30. The second-order valence-corrected chi connectivity index (χ2v) is 3.55. The molecule has 0 saturated carbocycles. The van der Waals surface area contributed by atoms with E-state index in [-0.39, 0.29) is 0 Å². The van der Waals surface area contributed by atoms with Crippen LogP contribution >= 0.6 is 11.6 Å². The van der Waals surface area contributed by atoms with E-state index >= 15 is 0 Å². The molecule has 0 bridgehead atoms. The maximum Gasteiger partial charge on any atom is 0.330 e. The third kappa shape index (κ3) is 2.95. The van der Waals surface area contributed by atoms with E-state index in [1.54, 1.807) is 19.1 Å². The van der Waals surface area contributed by atoms with E-state index in [9.17, 15) is 9.59 Å². The summed E-state index contributed by atoms with van der Waals surface area (Å²) < 4.78 is 0. The number of amides is 1. The average Bonchev–Trinajstić information content (AvgIpc) is 2.11. The third-order valence-electron chi connectivity index (χ3n) is 1.88. The van der Waals surface area contributed by atoms with Crippen molar-refractivity contribution in [3.8, 4) is 0 Å². The topological polar surface area (TPSA) is 66.4 Å². The van der Waals surface area contributed by atoms with Crippen LogP contribution < -0.4 is 5.32 Å². The van der Waals surface area contributed by atoms with Crippen LogP contribution in [0.2, 0.25) is 5.02 Å². The van der Waals surface area contributed by atoms with Crippen LogP contribution in [0, 0.1) is 6.92 Å². The SMILES string of the molecule is Cc1cc(Cl)cc(C(NC=O)C(=O)O)c1. The number of hydrogen-bond donors (Lipinski definition) is 2. The van der Waals surface area contributed by atoms with Crippen molar-refractivity contribution < 1.29 is 14.7 Å². The Bertz CT molecular complexity index is 372. The Labute approximate surface area is 91.9 Å². The van der Waals surface area contributed by atoms with Gasteiger partial charge in [0.25, 0.3) is 0 Å². The van der Waals surface area contributed by atoms with Crippen LogP contribution in [-0.4, -0.2) is 17.5 Å². The number of aryl methyl sites for hydroxylation is 1. The van der Waals surface area contributed by atoms with E-state index in [0.29, 0.717) is 17.0 Å². The summed E-state index contributed by atoms with van der Waals surface area (Å²) in [6, 6.07) is 3.84. The summed E-state index contributed by atoms with van der Waals surface area (Å²) in [4.78, 5) is 21.1. The largest absolute Gasteiger partial charge is 0.479 e. The fourth-order valence-corrected chi connectivity index (χ4v) is 1.61. The number of nitrogens with one attached hydrogen (secondary N) is 1. The first-order chi connectivity index (χ1) is 7.04. The maximum atomic E-state index is 10.8. The number of halogens is 1. The van der Waals surface area contributed by atoms with E-state index in [1.165, 1.54) is 6.07 Å². The molecule has 0 fully saturated rings. The molecule has 0 heterocycles. The minimum atomic E-state index is -1.12. The van der Waals surface area contributed by atoms with Crippen molar-refractivity contribution in [2.75, 3.05) is 0 Å². The van der Waals surface area contributed by atoms with Crippen LogP contribution in [-0.2, 0) is 9.59 Å². The number of aliphatic carboxylic acids is 1. The lowest BCUT2D eigenvalue weighted by Gasteiger charge is -2.12. The first-order valence-corrected chi connectivity index (χ1v) is 4.62. The maximum absolute atomic E-state index is 10.8. The van der Waals surface area contributed by atoms with Gasteiger partial charge >= 0.3 is 5.97 Å². The van der Waals surface area contributed by atoms with Crippen molar-refractivity contribution in [2.45, 2.75) is 13.0 Å². The standard InChI is InChI=1S/C10H10ClNO3/c1-6-2-7(4-8(11)3-6)9(10(14)15)12-5-13/h2-5,9H,1H3,(H,12,13)(H,14,15). The van der Waals surface area contributed by atoms with Gasteiger partial charge in [-0.1, -0.05) is 17.7 Å². The smallest absolute Gasteiger partial charge is 0.330 e. The summed E-state index contributed by atoms with van der Waals surface area (Å²) in [5.74, 6) is -1.12. The monoisotopic (exact) mass is 227 g/mol. The molecular formula is C10H10ClNO3. The number of carbonyl (C=O) groups excluding carboxylic acids is 1. The molecule has 0 spiro atoms. The zero-order valence-electron chi connectivity index (χ0n) is 8.03. The van der Waals surface area contributed by atoms with Gasteiger partial charge in [0.1, 0.15) is 0 Å². The van der Waals surface area contributed by atoms with Gasteiger partial charge in [-0.2, -0.15) is 0 Å². The van der Waals surface area contributed by atoms with Crippen molar-refractivity contribution >= 4 is 24.0 Å². The lowest BCUT2D eigenvalue weighted by Crippen LogP contribution is -2.27. The Morgan fingerprint density at radius 3 is 2.67 bits per heavy atom. The quantitative estimate of drug-likeness (QED) is 0.767. The average molecular weight is 228 g/mol. The molecule has 1 aromatic rings. The van der Waals surface area contributed by atoms with Crippen LogP contribution in [0.25, 0.3) is 0 Å². The Morgan fingerprint density at radius 1 is 1.53 bits per heavy atom. The van der Waals surface area contributed by atoms with Gasteiger partial charge in [0.2, 0.25) is 6.41 Å². The molecule has 2 N–H and O–H groups in total. The van der Waals surface area contributed by atoms with Crippen molar-refractivity contribution in [2.24, 2.45) is 0 Å². The van der Waals surface area contributed by atoms with E-state index < -0.39 is 12.0 Å². The molecule has 0 radical (unpaired) electrons. The number of benzene rings is 1. The van der Waals surface area contributed by atoms with Crippen LogP contribution in [0.15, 0.2) is 18.2 Å². The Morgan fingerprint density at radius 2 is 2.20 bits per heavy atom. The van der Waals surface area contributed by atoms with Crippen LogP contribution in [0.5, 0.6) is 0 Å². The molecule has 1 unspecified atom stereocenters. The van der Waals surface area contributed by atoms with E-state index in [4.69, 9.17) is 16.7 Å². The molecule has 15 heavy (non-hydrogen) atoms. The lowest BCUT2D eigenvalue weighted by atomic mass is 10.0. The first-order valence-electron chi connectivity index (χ1n) is 4.24. The van der Waals surface area contributed by atoms with Gasteiger partial charge in [-0.05, 0) is 30.2 Å². The third-order valence-corrected chi connectivity index (χ3v) is 2.10. The van der Waals surface area contributed by atoms with Gasteiger partial charge in [0, 0.05) is 5.02 Å². The molecule has 5 heteroatoms. The number of carboxylic acids is 1. The summed E-state index contributed by atoms with van der Waals surface area (Å²) >= 11 is 5.79. The summed E-state index contributed by atoms with van der Waals surface area (Å²) in [6.45, 7) is 1.80.